The van der Waals surface area contributed by atoms with Crippen molar-refractivity contribution in [2.45, 2.75) is 19.5 Å². The molecule has 1 aliphatic heterocycles. The number of hydrogen-bond acceptors (Lipinski definition) is 7. The molecular formula is C14H19N5OS. The Labute approximate surface area is 128 Å². The van der Waals surface area contributed by atoms with E-state index in [0.29, 0.717) is 6.61 Å². The van der Waals surface area contributed by atoms with Crippen molar-refractivity contribution in [3.8, 4) is 0 Å². The number of rotatable bonds is 4. The van der Waals surface area contributed by atoms with E-state index in [1.807, 2.05) is 31.7 Å². The first kappa shape index (κ1) is 14.4. The van der Waals surface area contributed by atoms with E-state index in [1.165, 1.54) is 4.88 Å². The second-order valence-corrected chi connectivity index (χ2v) is 6.00. The van der Waals surface area contributed by atoms with Crippen molar-refractivity contribution in [2.75, 3.05) is 32.1 Å². The van der Waals surface area contributed by atoms with E-state index in [0.717, 1.165) is 37.0 Å². The molecule has 0 unspecified atom stereocenters. The monoisotopic (exact) mass is 305 g/mol. The highest BCUT2D eigenvalue weighted by Gasteiger charge is 2.27. The van der Waals surface area contributed by atoms with Gasteiger partial charge in [0.15, 0.2) is 0 Å². The third-order valence-electron chi connectivity index (χ3n) is 3.51. The van der Waals surface area contributed by atoms with E-state index >= 15 is 0 Å². The highest BCUT2D eigenvalue weighted by Crippen LogP contribution is 2.25. The van der Waals surface area contributed by atoms with Gasteiger partial charge in [0.2, 0.25) is 0 Å². The van der Waals surface area contributed by atoms with Gasteiger partial charge in [0.1, 0.15) is 11.6 Å². The molecule has 0 saturated carbocycles. The molecule has 0 aromatic carbocycles. The minimum atomic E-state index is 0.0906. The van der Waals surface area contributed by atoms with Crippen LogP contribution in [-0.4, -0.2) is 46.7 Å². The van der Waals surface area contributed by atoms with E-state index in [2.05, 4.69) is 25.2 Å². The predicted octanol–water partition coefficient (Wildman–Crippen LogP) is 1.86. The number of aromatic nitrogens is 3. The second kappa shape index (κ2) is 6.46. The van der Waals surface area contributed by atoms with Crippen LogP contribution in [-0.2, 0) is 11.3 Å². The number of aryl methyl sites for hydroxylation is 1. The number of hydrogen-bond donors (Lipinski definition) is 1. The Morgan fingerprint density at radius 2 is 2.38 bits per heavy atom. The minimum absolute atomic E-state index is 0.0906. The van der Waals surface area contributed by atoms with Crippen molar-refractivity contribution < 1.29 is 4.74 Å². The lowest BCUT2D eigenvalue weighted by molar-refractivity contribution is -0.0155. The first-order chi connectivity index (χ1) is 10.3. The summed E-state index contributed by atoms with van der Waals surface area (Å²) < 4.78 is 5.65. The standard InChI is InChI=1S/C14H19N5OS/c1-10-5-13(15-2)18-14(17-10)12-8-20-4-3-19(12)7-11-6-16-9-21-11/h5-6,9,12H,3-4,7-8H2,1-2H3,(H,15,17,18)/t12-/m1/s1. The topological polar surface area (TPSA) is 63.2 Å². The molecule has 1 aliphatic rings. The van der Waals surface area contributed by atoms with Crippen LogP contribution in [0.4, 0.5) is 5.82 Å². The maximum absolute atomic E-state index is 5.65. The third kappa shape index (κ3) is 3.37. The van der Waals surface area contributed by atoms with Gasteiger partial charge < -0.3 is 10.1 Å². The fourth-order valence-corrected chi connectivity index (χ4v) is 3.07. The Hall–Kier alpha value is -1.57. The first-order valence-electron chi connectivity index (χ1n) is 6.99. The van der Waals surface area contributed by atoms with E-state index in [-0.39, 0.29) is 6.04 Å². The van der Waals surface area contributed by atoms with Crippen LogP contribution in [0.1, 0.15) is 22.4 Å². The quantitative estimate of drug-likeness (QED) is 0.930. The molecule has 2 aromatic heterocycles. The van der Waals surface area contributed by atoms with Gasteiger partial charge in [-0.1, -0.05) is 0 Å². The summed E-state index contributed by atoms with van der Waals surface area (Å²) in [7, 11) is 1.87. The largest absolute Gasteiger partial charge is 0.378 e. The van der Waals surface area contributed by atoms with Gasteiger partial charge in [0.25, 0.3) is 0 Å². The molecule has 6 nitrogen and oxygen atoms in total. The van der Waals surface area contributed by atoms with Crippen molar-refractivity contribution >= 4 is 17.2 Å². The summed E-state index contributed by atoms with van der Waals surface area (Å²) in [5, 5.41) is 3.09. The Bertz CT molecular complexity index is 589. The summed E-state index contributed by atoms with van der Waals surface area (Å²) >= 11 is 1.68. The molecule has 112 valence electrons. The number of morpholine rings is 1. The fourth-order valence-electron chi connectivity index (χ4n) is 2.45. The van der Waals surface area contributed by atoms with Crippen LogP contribution in [0.3, 0.4) is 0 Å². The molecule has 1 N–H and O–H groups in total. The van der Waals surface area contributed by atoms with Gasteiger partial charge in [0, 0.05) is 43.0 Å². The molecule has 2 aromatic rings. The molecule has 0 bridgehead atoms. The Morgan fingerprint density at radius 1 is 1.48 bits per heavy atom. The first-order valence-corrected chi connectivity index (χ1v) is 7.86. The Kier molecular flexibility index (Phi) is 4.42. The van der Waals surface area contributed by atoms with Gasteiger partial charge in [-0.25, -0.2) is 9.97 Å². The maximum atomic E-state index is 5.65. The number of thiazole rings is 1. The molecule has 3 heterocycles. The molecule has 1 atom stereocenters. The molecule has 0 amide bonds. The van der Waals surface area contributed by atoms with Crippen LogP contribution in [0.15, 0.2) is 17.8 Å². The highest BCUT2D eigenvalue weighted by atomic mass is 32.1. The highest BCUT2D eigenvalue weighted by molar-refractivity contribution is 7.09. The van der Waals surface area contributed by atoms with Crippen molar-refractivity contribution in [3.05, 3.63) is 34.2 Å². The van der Waals surface area contributed by atoms with Crippen LogP contribution in [0.5, 0.6) is 0 Å². The minimum Gasteiger partial charge on any atom is -0.378 e. The molecule has 0 radical (unpaired) electrons. The van der Waals surface area contributed by atoms with Gasteiger partial charge in [-0.15, -0.1) is 11.3 Å². The molecule has 21 heavy (non-hydrogen) atoms. The normalized spacial score (nSPS) is 19.6. The average Bonchev–Trinajstić information content (AvgIpc) is 3.00. The SMILES string of the molecule is CNc1cc(C)nc([C@H]2COCCN2Cc2cncs2)n1. The summed E-state index contributed by atoms with van der Waals surface area (Å²) in [5.74, 6) is 1.67. The molecule has 0 spiro atoms. The molecular weight excluding hydrogens is 286 g/mol. The van der Waals surface area contributed by atoms with Crippen LogP contribution in [0.25, 0.3) is 0 Å². The lowest BCUT2D eigenvalue weighted by Gasteiger charge is -2.34. The zero-order chi connectivity index (χ0) is 14.7. The molecule has 1 saturated heterocycles. The van der Waals surface area contributed by atoms with Crippen molar-refractivity contribution in [2.24, 2.45) is 0 Å². The predicted molar refractivity (Wildman–Crippen MR) is 82.4 cm³/mol. The molecule has 3 rings (SSSR count). The summed E-state index contributed by atoms with van der Waals surface area (Å²) in [6.45, 7) is 5.12. The second-order valence-electron chi connectivity index (χ2n) is 5.03. The van der Waals surface area contributed by atoms with Gasteiger partial charge >= 0.3 is 0 Å². The van der Waals surface area contributed by atoms with Crippen LogP contribution in [0, 0.1) is 6.92 Å². The number of nitrogens with one attached hydrogen (secondary N) is 1. The third-order valence-corrected chi connectivity index (χ3v) is 4.27. The number of nitrogens with zero attached hydrogens (tertiary/aromatic N) is 4. The zero-order valence-corrected chi connectivity index (χ0v) is 13.1. The van der Waals surface area contributed by atoms with Gasteiger partial charge in [-0.3, -0.25) is 9.88 Å². The van der Waals surface area contributed by atoms with Gasteiger partial charge in [-0.05, 0) is 6.92 Å². The smallest absolute Gasteiger partial charge is 0.150 e. The molecule has 7 heteroatoms. The van der Waals surface area contributed by atoms with Crippen molar-refractivity contribution in [1.29, 1.82) is 0 Å². The lowest BCUT2D eigenvalue weighted by atomic mass is 10.2. The van der Waals surface area contributed by atoms with E-state index in [4.69, 9.17) is 4.74 Å². The summed E-state index contributed by atoms with van der Waals surface area (Å²) in [5.41, 5.74) is 2.83. The van der Waals surface area contributed by atoms with Crippen LogP contribution < -0.4 is 5.32 Å². The Morgan fingerprint density at radius 3 is 3.14 bits per heavy atom. The van der Waals surface area contributed by atoms with E-state index in [1.54, 1.807) is 11.3 Å². The summed E-state index contributed by atoms with van der Waals surface area (Å²) in [6.07, 6.45) is 1.92. The Balaban J connectivity index is 1.85. The number of anilines is 1. The summed E-state index contributed by atoms with van der Waals surface area (Å²) in [4.78, 5) is 17.0. The van der Waals surface area contributed by atoms with Crippen molar-refractivity contribution in [3.63, 3.8) is 0 Å². The fraction of sp³-hybridized carbons (Fsp3) is 0.500. The zero-order valence-electron chi connectivity index (χ0n) is 12.2. The summed E-state index contributed by atoms with van der Waals surface area (Å²) in [6, 6.07) is 2.04. The van der Waals surface area contributed by atoms with Gasteiger partial charge in [-0.2, -0.15) is 0 Å². The average molecular weight is 305 g/mol. The van der Waals surface area contributed by atoms with Crippen LogP contribution >= 0.6 is 11.3 Å². The van der Waals surface area contributed by atoms with Crippen LogP contribution in [0.2, 0.25) is 0 Å². The number of ether oxygens (including phenoxy) is 1. The van der Waals surface area contributed by atoms with E-state index in [9.17, 15) is 0 Å². The van der Waals surface area contributed by atoms with E-state index < -0.39 is 0 Å². The lowest BCUT2D eigenvalue weighted by Crippen LogP contribution is -2.39. The van der Waals surface area contributed by atoms with Gasteiger partial charge in [0.05, 0.1) is 24.8 Å². The molecule has 1 fully saturated rings. The molecule has 0 aliphatic carbocycles. The van der Waals surface area contributed by atoms with Crippen molar-refractivity contribution in [1.82, 2.24) is 19.9 Å². The maximum Gasteiger partial charge on any atom is 0.150 e.